The summed E-state index contributed by atoms with van der Waals surface area (Å²) < 4.78 is 62.1. The van der Waals surface area contributed by atoms with Crippen molar-refractivity contribution in [3.63, 3.8) is 0 Å². The van der Waals surface area contributed by atoms with Crippen molar-refractivity contribution in [1.29, 1.82) is 0 Å². The van der Waals surface area contributed by atoms with E-state index in [1.807, 2.05) is 0 Å². The van der Waals surface area contributed by atoms with Gasteiger partial charge in [0.2, 0.25) is 20.0 Å². The summed E-state index contributed by atoms with van der Waals surface area (Å²) in [7, 11) is -3.71. The van der Waals surface area contributed by atoms with Crippen LogP contribution in [0.2, 0.25) is 0 Å². The predicted molar refractivity (Wildman–Crippen MR) is 68.1 cm³/mol. The maximum absolute atomic E-state index is 13.0. The molecule has 0 saturated heterocycles. The van der Waals surface area contributed by atoms with Crippen molar-refractivity contribution in [1.82, 2.24) is 14.5 Å². The maximum Gasteiger partial charge on any atom is 0.449 e. The van der Waals surface area contributed by atoms with Crippen LogP contribution >= 0.6 is 11.3 Å². The molecule has 1 saturated carbocycles. The molecule has 6 nitrogen and oxygen atoms in total. The SMILES string of the molecule is CS(=O)(=O)c1nc2c(=O)n(C3CC3)c(C(F)(F)F)nc2s1. The molecule has 11 heteroatoms. The van der Waals surface area contributed by atoms with E-state index in [0.717, 1.165) is 6.26 Å². The van der Waals surface area contributed by atoms with Gasteiger partial charge in [-0.05, 0) is 12.8 Å². The average Bonchev–Trinajstić information content (AvgIpc) is 3.04. The van der Waals surface area contributed by atoms with Crippen LogP contribution in [0.1, 0.15) is 24.7 Å². The summed E-state index contributed by atoms with van der Waals surface area (Å²) in [4.78, 5) is 19.0. The Balaban J connectivity index is 2.38. The third kappa shape index (κ3) is 2.44. The van der Waals surface area contributed by atoms with Crippen LogP contribution in [0.4, 0.5) is 13.2 Å². The summed E-state index contributed by atoms with van der Waals surface area (Å²) in [6, 6.07) is -0.547. The molecule has 2 aromatic rings. The zero-order valence-corrected chi connectivity index (χ0v) is 12.1. The molecule has 0 amide bonds. The van der Waals surface area contributed by atoms with Crippen LogP contribution in [-0.2, 0) is 16.0 Å². The number of aromatic nitrogens is 3. The van der Waals surface area contributed by atoms with Gasteiger partial charge in [0.25, 0.3) is 5.56 Å². The van der Waals surface area contributed by atoms with Gasteiger partial charge in [-0.1, -0.05) is 11.3 Å². The standard InChI is InChI=1S/C10H8F3N3O3S2/c1-21(18,19)9-14-5-6(20-9)15-8(10(11,12)13)16(7(5)17)4-2-3-4/h4H,2-3H2,1H3. The molecule has 114 valence electrons. The molecule has 2 aromatic heterocycles. The topological polar surface area (TPSA) is 81.9 Å². The van der Waals surface area contributed by atoms with Gasteiger partial charge >= 0.3 is 6.18 Å². The van der Waals surface area contributed by atoms with Crippen LogP contribution in [0.5, 0.6) is 0 Å². The Morgan fingerprint density at radius 1 is 1.29 bits per heavy atom. The molecular formula is C10H8F3N3O3S2. The first-order valence-corrected chi connectivity index (χ1v) is 8.50. The monoisotopic (exact) mass is 339 g/mol. The first-order chi connectivity index (χ1) is 9.59. The Morgan fingerprint density at radius 2 is 1.90 bits per heavy atom. The van der Waals surface area contributed by atoms with E-state index in [9.17, 15) is 26.4 Å². The second-order valence-corrected chi connectivity index (χ2v) is 7.91. The van der Waals surface area contributed by atoms with Gasteiger partial charge < -0.3 is 0 Å². The lowest BCUT2D eigenvalue weighted by Crippen LogP contribution is -2.29. The fraction of sp³-hybridized carbons (Fsp3) is 0.500. The van der Waals surface area contributed by atoms with Crippen molar-refractivity contribution in [2.45, 2.75) is 29.4 Å². The van der Waals surface area contributed by atoms with Gasteiger partial charge in [-0.15, -0.1) is 0 Å². The minimum Gasteiger partial charge on any atom is -0.284 e. The van der Waals surface area contributed by atoms with E-state index >= 15 is 0 Å². The number of fused-ring (bicyclic) bond motifs is 1. The number of thiazole rings is 1. The highest BCUT2D eigenvalue weighted by Crippen LogP contribution is 2.39. The number of rotatable bonds is 2. The van der Waals surface area contributed by atoms with E-state index in [1.165, 1.54) is 0 Å². The first kappa shape index (κ1) is 14.4. The Hall–Kier alpha value is -1.49. The molecule has 0 spiro atoms. The molecule has 21 heavy (non-hydrogen) atoms. The fourth-order valence-corrected chi connectivity index (χ4v) is 3.66. The Morgan fingerprint density at radius 3 is 2.38 bits per heavy atom. The van der Waals surface area contributed by atoms with Gasteiger partial charge in [0, 0.05) is 12.3 Å². The number of alkyl halides is 3. The predicted octanol–water partition coefficient (Wildman–Crippen LogP) is 1.61. The zero-order chi connectivity index (χ0) is 15.6. The second-order valence-electron chi connectivity index (χ2n) is 4.75. The average molecular weight is 339 g/mol. The third-order valence-electron chi connectivity index (χ3n) is 2.93. The lowest BCUT2D eigenvalue weighted by Gasteiger charge is -2.12. The Kier molecular flexibility index (Phi) is 2.93. The number of sulfone groups is 1. The molecule has 0 unspecified atom stereocenters. The van der Waals surface area contributed by atoms with Crippen molar-refractivity contribution < 1.29 is 21.6 Å². The minimum absolute atomic E-state index is 0.315. The normalized spacial score (nSPS) is 16.6. The Labute approximate surface area is 120 Å². The van der Waals surface area contributed by atoms with Crippen molar-refractivity contribution >= 4 is 31.5 Å². The molecule has 2 heterocycles. The van der Waals surface area contributed by atoms with E-state index in [2.05, 4.69) is 9.97 Å². The Bertz CT molecular complexity index is 894. The highest BCUT2D eigenvalue weighted by molar-refractivity contribution is 7.92. The summed E-state index contributed by atoms with van der Waals surface area (Å²) in [5.74, 6) is -1.30. The second kappa shape index (κ2) is 4.26. The number of nitrogens with zero attached hydrogens (tertiary/aromatic N) is 3. The van der Waals surface area contributed by atoms with Crippen LogP contribution in [-0.4, -0.2) is 29.2 Å². The van der Waals surface area contributed by atoms with Crippen LogP contribution in [0.25, 0.3) is 10.3 Å². The highest BCUT2D eigenvalue weighted by atomic mass is 32.2. The van der Waals surface area contributed by atoms with Gasteiger partial charge in [0.1, 0.15) is 0 Å². The summed E-state index contributed by atoms with van der Waals surface area (Å²) in [5.41, 5.74) is -1.28. The van der Waals surface area contributed by atoms with E-state index in [-0.39, 0.29) is 10.3 Å². The maximum atomic E-state index is 13.0. The molecule has 0 aromatic carbocycles. The largest absolute Gasteiger partial charge is 0.449 e. The van der Waals surface area contributed by atoms with Crippen LogP contribution < -0.4 is 5.56 Å². The summed E-state index contributed by atoms with van der Waals surface area (Å²) in [5, 5.41) is 0. The van der Waals surface area contributed by atoms with E-state index in [0.29, 0.717) is 28.7 Å². The van der Waals surface area contributed by atoms with Crippen LogP contribution in [0.3, 0.4) is 0 Å². The van der Waals surface area contributed by atoms with E-state index in [1.54, 1.807) is 0 Å². The number of hydrogen-bond acceptors (Lipinski definition) is 6. The smallest absolute Gasteiger partial charge is 0.284 e. The van der Waals surface area contributed by atoms with Crippen molar-refractivity contribution in [2.24, 2.45) is 0 Å². The third-order valence-corrected chi connectivity index (χ3v) is 5.56. The van der Waals surface area contributed by atoms with E-state index < -0.39 is 37.8 Å². The van der Waals surface area contributed by atoms with Gasteiger partial charge in [-0.25, -0.2) is 18.4 Å². The molecule has 1 fully saturated rings. The summed E-state index contributed by atoms with van der Waals surface area (Å²) in [6.45, 7) is 0. The van der Waals surface area contributed by atoms with Crippen molar-refractivity contribution in [3.05, 3.63) is 16.2 Å². The van der Waals surface area contributed by atoms with Crippen molar-refractivity contribution in [2.75, 3.05) is 6.26 Å². The molecule has 1 aliphatic rings. The van der Waals surface area contributed by atoms with Crippen molar-refractivity contribution in [3.8, 4) is 0 Å². The molecule has 0 N–H and O–H groups in total. The quantitative estimate of drug-likeness (QED) is 0.830. The molecular weight excluding hydrogens is 331 g/mol. The first-order valence-electron chi connectivity index (χ1n) is 5.79. The zero-order valence-electron chi connectivity index (χ0n) is 10.5. The molecule has 1 aliphatic carbocycles. The molecule has 0 bridgehead atoms. The van der Waals surface area contributed by atoms with Gasteiger partial charge in [0.05, 0.1) is 0 Å². The lowest BCUT2D eigenvalue weighted by atomic mass is 10.4. The van der Waals surface area contributed by atoms with Crippen LogP contribution in [0.15, 0.2) is 9.13 Å². The highest BCUT2D eigenvalue weighted by Gasteiger charge is 2.42. The minimum atomic E-state index is -4.79. The number of halogens is 3. The molecule has 0 atom stereocenters. The van der Waals surface area contributed by atoms with Gasteiger partial charge in [-0.3, -0.25) is 9.36 Å². The summed E-state index contributed by atoms with van der Waals surface area (Å²) >= 11 is 0.466. The lowest BCUT2D eigenvalue weighted by molar-refractivity contribution is -0.148. The number of hydrogen-bond donors (Lipinski definition) is 0. The van der Waals surface area contributed by atoms with Gasteiger partial charge in [-0.2, -0.15) is 13.2 Å². The molecule has 0 aliphatic heterocycles. The molecule has 0 radical (unpaired) electrons. The fourth-order valence-electron chi connectivity index (χ4n) is 1.90. The molecule has 3 rings (SSSR count). The van der Waals surface area contributed by atoms with Gasteiger partial charge in [0.15, 0.2) is 10.3 Å². The van der Waals surface area contributed by atoms with Crippen LogP contribution in [0, 0.1) is 0 Å². The summed E-state index contributed by atoms with van der Waals surface area (Å²) in [6.07, 6.45) is -3.00. The van der Waals surface area contributed by atoms with E-state index in [4.69, 9.17) is 0 Å².